The molecule has 6 heteroatoms. The fourth-order valence-electron chi connectivity index (χ4n) is 0.538. The number of methoxy groups -OCH3 is 1. The molecule has 0 aromatic rings. The highest BCUT2D eigenvalue weighted by molar-refractivity contribution is 5.80. The predicted molar refractivity (Wildman–Crippen MR) is 45.5 cm³/mol. The topological polar surface area (TPSA) is 82.1 Å². The van der Waals surface area contributed by atoms with Crippen LogP contribution in [-0.4, -0.2) is 43.7 Å². The molecule has 0 aromatic carbocycles. The summed E-state index contributed by atoms with van der Waals surface area (Å²) in [5.41, 5.74) is 0. The second-order valence-corrected chi connectivity index (χ2v) is 2.21. The molecule has 0 aliphatic carbocycles. The van der Waals surface area contributed by atoms with Gasteiger partial charge >= 0.3 is 12.1 Å². The summed E-state index contributed by atoms with van der Waals surface area (Å²) in [6, 6.07) is 0. The third-order valence-corrected chi connectivity index (χ3v) is 1.22. The largest absolute Gasteiger partial charge is 0.508 e. The van der Waals surface area contributed by atoms with E-state index in [9.17, 15) is 9.59 Å². The lowest BCUT2D eigenvalue weighted by atomic mass is 10.4. The predicted octanol–water partition coefficient (Wildman–Crippen LogP) is -0.141. The summed E-state index contributed by atoms with van der Waals surface area (Å²) in [6.45, 7) is 3.17. The zero-order chi connectivity index (χ0) is 11.0. The van der Waals surface area contributed by atoms with Crippen LogP contribution in [0, 0.1) is 0 Å². The van der Waals surface area contributed by atoms with Crippen molar-refractivity contribution in [2.24, 2.45) is 0 Å². The number of carbonyl (C=O) groups is 2. The van der Waals surface area contributed by atoms with E-state index in [0.29, 0.717) is 0 Å². The molecule has 0 bridgehead atoms. The minimum absolute atomic E-state index is 0.161. The summed E-state index contributed by atoms with van der Waals surface area (Å²) < 4.78 is 12.9. The maximum atomic E-state index is 10.1. The molecule has 1 heterocycles. The zero-order valence-electron chi connectivity index (χ0n) is 7.76. The number of carbonyl (C=O) groups excluding carboxylic acids is 2. The van der Waals surface area contributed by atoms with Gasteiger partial charge in [-0.05, 0) is 0 Å². The standard InChI is InChI=1S/C4H6O4.C4H6O2/c5-1-3-2-7-4(6)8-3;1-3-4(5)6-2/h3,5H,1-2H2;3H,1H2,2H3. The number of rotatable bonds is 2. The van der Waals surface area contributed by atoms with Crippen LogP contribution < -0.4 is 0 Å². The molecular weight excluding hydrogens is 192 g/mol. The molecule has 0 saturated carbocycles. The molecule has 80 valence electrons. The average Bonchev–Trinajstić information content (AvgIpc) is 2.64. The smallest absolute Gasteiger partial charge is 0.466 e. The van der Waals surface area contributed by atoms with Crippen LogP contribution in [0.3, 0.4) is 0 Å². The Balaban J connectivity index is 0.000000255. The van der Waals surface area contributed by atoms with E-state index in [-0.39, 0.29) is 13.2 Å². The van der Waals surface area contributed by atoms with Crippen molar-refractivity contribution in [2.45, 2.75) is 6.10 Å². The lowest BCUT2D eigenvalue weighted by molar-refractivity contribution is -0.134. The number of esters is 1. The van der Waals surface area contributed by atoms with E-state index in [1.165, 1.54) is 7.11 Å². The van der Waals surface area contributed by atoms with Gasteiger partial charge in [0.1, 0.15) is 6.61 Å². The highest BCUT2D eigenvalue weighted by atomic mass is 16.8. The molecule has 1 saturated heterocycles. The molecule has 6 nitrogen and oxygen atoms in total. The van der Waals surface area contributed by atoms with Crippen molar-refractivity contribution in [3.05, 3.63) is 12.7 Å². The number of hydrogen-bond donors (Lipinski definition) is 1. The van der Waals surface area contributed by atoms with Crippen LogP contribution in [0.4, 0.5) is 4.79 Å². The van der Waals surface area contributed by atoms with Crippen LogP contribution >= 0.6 is 0 Å². The summed E-state index contributed by atoms with van der Waals surface area (Å²) in [5.74, 6) is -0.394. The summed E-state index contributed by atoms with van der Waals surface area (Å²) in [7, 11) is 1.31. The van der Waals surface area contributed by atoms with E-state index in [0.717, 1.165) is 6.08 Å². The van der Waals surface area contributed by atoms with Gasteiger partial charge in [-0.1, -0.05) is 6.58 Å². The summed E-state index contributed by atoms with van der Waals surface area (Å²) in [5, 5.41) is 8.33. The Morgan fingerprint density at radius 2 is 2.50 bits per heavy atom. The van der Waals surface area contributed by atoms with Crippen LogP contribution in [-0.2, 0) is 19.0 Å². The van der Waals surface area contributed by atoms with Gasteiger partial charge in [0.2, 0.25) is 0 Å². The minimum Gasteiger partial charge on any atom is -0.466 e. The van der Waals surface area contributed by atoms with Gasteiger partial charge in [0.05, 0.1) is 13.7 Å². The fourth-order valence-corrected chi connectivity index (χ4v) is 0.538. The lowest BCUT2D eigenvalue weighted by Crippen LogP contribution is -2.14. The molecule has 1 aliphatic heterocycles. The van der Waals surface area contributed by atoms with Crippen LogP contribution in [0.5, 0.6) is 0 Å². The van der Waals surface area contributed by atoms with E-state index >= 15 is 0 Å². The maximum Gasteiger partial charge on any atom is 0.508 e. The van der Waals surface area contributed by atoms with Gasteiger partial charge in [-0.15, -0.1) is 0 Å². The van der Waals surface area contributed by atoms with Crippen molar-refractivity contribution < 1.29 is 28.9 Å². The van der Waals surface area contributed by atoms with Gasteiger partial charge < -0.3 is 19.3 Å². The van der Waals surface area contributed by atoms with Crippen molar-refractivity contribution in [1.82, 2.24) is 0 Å². The van der Waals surface area contributed by atoms with Crippen LogP contribution in [0.15, 0.2) is 12.7 Å². The Hall–Kier alpha value is -1.56. The minimum atomic E-state index is -0.691. The Labute approximate surface area is 81.1 Å². The monoisotopic (exact) mass is 204 g/mol. The normalized spacial score (nSPS) is 18.4. The van der Waals surface area contributed by atoms with E-state index in [4.69, 9.17) is 5.11 Å². The average molecular weight is 204 g/mol. The van der Waals surface area contributed by atoms with Crippen LogP contribution in [0.1, 0.15) is 0 Å². The Morgan fingerprint density at radius 3 is 2.64 bits per heavy atom. The van der Waals surface area contributed by atoms with E-state index in [1.807, 2.05) is 0 Å². The number of hydrogen-bond acceptors (Lipinski definition) is 6. The molecule has 1 N–H and O–H groups in total. The number of ether oxygens (including phenoxy) is 3. The van der Waals surface area contributed by atoms with Crippen LogP contribution in [0.2, 0.25) is 0 Å². The summed E-state index contributed by atoms with van der Waals surface area (Å²) >= 11 is 0. The van der Waals surface area contributed by atoms with Gasteiger partial charge in [-0.3, -0.25) is 0 Å². The number of cyclic esters (lactones) is 2. The van der Waals surface area contributed by atoms with Gasteiger partial charge in [0, 0.05) is 6.08 Å². The highest BCUT2D eigenvalue weighted by Crippen LogP contribution is 2.03. The number of aliphatic hydroxyl groups excluding tert-OH is 1. The van der Waals surface area contributed by atoms with Crippen molar-refractivity contribution in [3.63, 3.8) is 0 Å². The van der Waals surface area contributed by atoms with E-state index < -0.39 is 18.2 Å². The van der Waals surface area contributed by atoms with E-state index in [1.54, 1.807) is 0 Å². The molecule has 1 rings (SSSR count). The lowest BCUT2D eigenvalue weighted by Gasteiger charge is -1.96. The molecular formula is C8H12O6. The molecule has 14 heavy (non-hydrogen) atoms. The molecule has 0 spiro atoms. The first-order chi connectivity index (χ1) is 6.63. The SMILES string of the molecule is C=CC(=O)OC.O=C1OCC(CO)O1. The quantitative estimate of drug-likeness (QED) is 0.498. The Bertz CT molecular complexity index is 212. The Morgan fingerprint density at radius 1 is 1.86 bits per heavy atom. The molecule has 1 fully saturated rings. The van der Waals surface area contributed by atoms with Crippen molar-refractivity contribution >= 4 is 12.1 Å². The first-order valence-corrected chi connectivity index (χ1v) is 3.78. The van der Waals surface area contributed by atoms with Gasteiger partial charge in [-0.25, -0.2) is 9.59 Å². The first-order valence-electron chi connectivity index (χ1n) is 3.78. The van der Waals surface area contributed by atoms with Crippen molar-refractivity contribution in [1.29, 1.82) is 0 Å². The van der Waals surface area contributed by atoms with Crippen molar-refractivity contribution in [3.8, 4) is 0 Å². The highest BCUT2D eigenvalue weighted by Gasteiger charge is 2.23. The molecule has 0 amide bonds. The maximum absolute atomic E-state index is 10.1. The summed E-state index contributed by atoms with van der Waals surface area (Å²) in [6.07, 6.45) is -0.0217. The molecule has 1 aliphatic rings. The van der Waals surface area contributed by atoms with Crippen molar-refractivity contribution in [2.75, 3.05) is 20.3 Å². The van der Waals surface area contributed by atoms with Gasteiger partial charge in [0.25, 0.3) is 0 Å². The molecule has 1 atom stereocenters. The number of aliphatic hydroxyl groups is 1. The van der Waals surface area contributed by atoms with Gasteiger partial charge in [0.15, 0.2) is 6.10 Å². The third kappa shape index (κ3) is 5.15. The second-order valence-electron chi connectivity index (χ2n) is 2.21. The van der Waals surface area contributed by atoms with Gasteiger partial charge in [-0.2, -0.15) is 0 Å². The Kier molecular flexibility index (Phi) is 6.13. The zero-order valence-corrected chi connectivity index (χ0v) is 7.76. The first kappa shape index (κ1) is 12.4. The molecule has 0 aromatic heterocycles. The second kappa shape index (κ2) is 6.90. The molecule has 1 unspecified atom stereocenters. The van der Waals surface area contributed by atoms with E-state index in [2.05, 4.69) is 20.8 Å². The molecule has 0 radical (unpaired) electrons. The third-order valence-electron chi connectivity index (χ3n) is 1.22. The fraction of sp³-hybridized carbons (Fsp3) is 0.500. The summed E-state index contributed by atoms with van der Waals surface area (Å²) in [4.78, 5) is 19.9. The van der Waals surface area contributed by atoms with Crippen LogP contribution in [0.25, 0.3) is 0 Å².